The Bertz CT molecular complexity index is 987. The molecular weight excluding hydrogens is 379 g/mol. The number of ether oxygens (including phenoxy) is 1. The lowest BCUT2D eigenvalue weighted by atomic mass is 10.1. The summed E-state index contributed by atoms with van der Waals surface area (Å²) in [6, 6.07) is 11.4. The average Bonchev–Trinajstić information content (AvgIpc) is 2.60. The predicted octanol–water partition coefficient (Wildman–Crippen LogP) is 4.26. The first kappa shape index (κ1) is 18.0. The maximum Gasteiger partial charge on any atom is 0.341 e. The molecule has 0 aliphatic heterocycles. The van der Waals surface area contributed by atoms with Crippen LogP contribution in [0.3, 0.4) is 0 Å². The monoisotopic (exact) mass is 390 g/mol. The molecule has 26 heavy (non-hydrogen) atoms. The van der Waals surface area contributed by atoms with Crippen molar-refractivity contribution in [3.8, 4) is 5.75 Å². The Balaban J connectivity index is 1.97. The van der Waals surface area contributed by atoms with E-state index in [9.17, 15) is 9.59 Å². The Labute approximate surface area is 158 Å². The number of aliphatic carboxylic acids is 1. The number of hydrogen-bond acceptors (Lipinski definition) is 4. The highest BCUT2D eigenvalue weighted by atomic mass is 35.5. The molecule has 0 aliphatic rings. The number of halogens is 2. The fourth-order valence-electron chi connectivity index (χ4n) is 2.42. The van der Waals surface area contributed by atoms with Gasteiger partial charge < -0.3 is 15.2 Å². The Hall–Kier alpha value is -2.83. The van der Waals surface area contributed by atoms with Crippen LogP contribution in [0.5, 0.6) is 5.75 Å². The van der Waals surface area contributed by atoms with Crippen molar-refractivity contribution in [1.29, 1.82) is 0 Å². The van der Waals surface area contributed by atoms with Gasteiger partial charge >= 0.3 is 5.97 Å². The highest BCUT2D eigenvalue weighted by Gasteiger charge is 2.16. The summed E-state index contributed by atoms with van der Waals surface area (Å²) in [5.41, 5.74) is 1.03. The number of rotatable bonds is 5. The molecule has 3 rings (SSSR count). The van der Waals surface area contributed by atoms with Gasteiger partial charge in [-0.3, -0.25) is 9.78 Å². The minimum Gasteiger partial charge on any atom is -0.481 e. The normalized spacial score (nSPS) is 10.5. The van der Waals surface area contributed by atoms with E-state index in [1.54, 1.807) is 42.5 Å². The topological polar surface area (TPSA) is 88.5 Å². The van der Waals surface area contributed by atoms with Crippen LogP contribution in [-0.4, -0.2) is 28.6 Å². The van der Waals surface area contributed by atoms with Gasteiger partial charge in [-0.2, -0.15) is 0 Å². The van der Waals surface area contributed by atoms with E-state index in [0.717, 1.165) is 0 Å². The first-order valence-corrected chi connectivity index (χ1v) is 8.20. The van der Waals surface area contributed by atoms with Crippen molar-refractivity contribution in [3.05, 3.63) is 64.3 Å². The molecule has 1 aromatic heterocycles. The Morgan fingerprint density at radius 3 is 2.46 bits per heavy atom. The number of aromatic nitrogens is 1. The van der Waals surface area contributed by atoms with E-state index in [0.29, 0.717) is 22.3 Å². The number of carboxylic acids is 1. The number of nitrogens with one attached hydrogen (secondary N) is 1. The first-order valence-electron chi connectivity index (χ1n) is 7.45. The minimum absolute atomic E-state index is 0.158. The third kappa shape index (κ3) is 3.71. The number of hydrogen-bond donors (Lipinski definition) is 2. The van der Waals surface area contributed by atoms with E-state index in [4.69, 9.17) is 33.0 Å². The fraction of sp³-hybridized carbons (Fsp3) is 0.0556. The molecule has 0 atom stereocenters. The molecule has 0 saturated carbocycles. The molecule has 0 spiro atoms. The van der Waals surface area contributed by atoms with Gasteiger partial charge in [0.2, 0.25) is 0 Å². The van der Waals surface area contributed by atoms with Crippen LogP contribution < -0.4 is 10.1 Å². The van der Waals surface area contributed by atoms with Crippen LogP contribution in [0, 0.1) is 0 Å². The largest absolute Gasteiger partial charge is 0.481 e. The lowest BCUT2D eigenvalue weighted by Crippen LogP contribution is -2.14. The van der Waals surface area contributed by atoms with E-state index < -0.39 is 18.5 Å². The SMILES string of the molecule is O=C(O)COc1ccnc2c(NC(=O)c3c(Cl)cccc3Cl)cccc12. The van der Waals surface area contributed by atoms with Crippen LogP contribution in [0.2, 0.25) is 10.0 Å². The lowest BCUT2D eigenvalue weighted by molar-refractivity contribution is -0.139. The van der Waals surface area contributed by atoms with E-state index in [2.05, 4.69) is 10.3 Å². The molecule has 8 heteroatoms. The van der Waals surface area contributed by atoms with Crippen LogP contribution in [-0.2, 0) is 4.79 Å². The second-order valence-electron chi connectivity index (χ2n) is 5.24. The number of para-hydroxylation sites is 1. The van der Waals surface area contributed by atoms with Crippen LogP contribution in [0.1, 0.15) is 10.4 Å². The van der Waals surface area contributed by atoms with Crippen molar-refractivity contribution < 1.29 is 19.4 Å². The van der Waals surface area contributed by atoms with Gasteiger partial charge in [0.25, 0.3) is 5.91 Å². The number of carboxylic acid groups (broad SMARTS) is 1. The molecule has 0 radical (unpaired) electrons. The Morgan fingerprint density at radius 1 is 1.08 bits per heavy atom. The molecule has 0 aliphatic carbocycles. The third-order valence-corrected chi connectivity index (χ3v) is 4.15. The number of benzene rings is 2. The Morgan fingerprint density at radius 2 is 1.77 bits per heavy atom. The molecule has 1 amide bonds. The molecule has 0 fully saturated rings. The van der Waals surface area contributed by atoms with Crippen molar-refractivity contribution in [3.63, 3.8) is 0 Å². The van der Waals surface area contributed by atoms with Gasteiger partial charge in [0, 0.05) is 11.6 Å². The molecule has 132 valence electrons. The molecule has 0 unspecified atom stereocenters. The number of amides is 1. The summed E-state index contributed by atoms with van der Waals surface area (Å²) < 4.78 is 5.27. The fourth-order valence-corrected chi connectivity index (χ4v) is 2.99. The maximum atomic E-state index is 12.6. The molecule has 0 saturated heterocycles. The molecule has 6 nitrogen and oxygen atoms in total. The summed E-state index contributed by atoms with van der Waals surface area (Å²) in [6.45, 7) is -0.481. The molecule has 0 bridgehead atoms. The zero-order valence-corrected chi connectivity index (χ0v) is 14.7. The summed E-state index contributed by atoms with van der Waals surface area (Å²) in [6.07, 6.45) is 1.47. The van der Waals surface area contributed by atoms with Crippen LogP contribution in [0.4, 0.5) is 5.69 Å². The van der Waals surface area contributed by atoms with Crippen LogP contribution in [0.25, 0.3) is 10.9 Å². The van der Waals surface area contributed by atoms with Crippen molar-refractivity contribution in [2.24, 2.45) is 0 Å². The van der Waals surface area contributed by atoms with Crippen molar-refractivity contribution in [2.45, 2.75) is 0 Å². The zero-order chi connectivity index (χ0) is 18.7. The van der Waals surface area contributed by atoms with Gasteiger partial charge in [-0.1, -0.05) is 35.3 Å². The van der Waals surface area contributed by atoms with Gasteiger partial charge in [-0.25, -0.2) is 4.79 Å². The van der Waals surface area contributed by atoms with E-state index in [1.165, 1.54) is 6.20 Å². The number of carbonyl (C=O) groups is 2. The zero-order valence-electron chi connectivity index (χ0n) is 13.2. The van der Waals surface area contributed by atoms with Gasteiger partial charge in [0.1, 0.15) is 5.75 Å². The third-order valence-electron chi connectivity index (χ3n) is 3.52. The molecule has 2 aromatic carbocycles. The van der Waals surface area contributed by atoms with E-state index >= 15 is 0 Å². The van der Waals surface area contributed by atoms with E-state index in [-0.39, 0.29) is 15.6 Å². The summed E-state index contributed by atoms with van der Waals surface area (Å²) in [4.78, 5) is 27.6. The first-order chi connectivity index (χ1) is 12.5. The summed E-state index contributed by atoms with van der Waals surface area (Å²) in [5.74, 6) is -1.22. The van der Waals surface area contributed by atoms with Crippen LogP contribution in [0.15, 0.2) is 48.7 Å². The number of carbonyl (C=O) groups excluding carboxylic acids is 1. The van der Waals surface area contributed by atoms with Gasteiger partial charge in [0.05, 0.1) is 26.8 Å². The smallest absolute Gasteiger partial charge is 0.341 e. The molecule has 2 N–H and O–H groups in total. The van der Waals surface area contributed by atoms with Crippen molar-refractivity contribution >= 4 is 51.7 Å². The standard InChI is InChI=1S/C18H12Cl2N2O4/c19-11-4-2-5-12(20)16(11)18(25)22-13-6-1-3-10-14(26-9-15(23)24)7-8-21-17(10)13/h1-8H,9H2,(H,22,25)(H,23,24). The maximum absolute atomic E-state index is 12.6. The number of nitrogens with zero attached hydrogens (tertiary/aromatic N) is 1. The number of pyridine rings is 1. The number of fused-ring (bicyclic) bond motifs is 1. The van der Waals surface area contributed by atoms with Crippen molar-refractivity contribution in [2.75, 3.05) is 11.9 Å². The second-order valence-corrected chi connectivity index (χ2v) is 6.06. The van der Waals surface area contributed by atoms with E-state index in [1.807, 2.05) is 0 Å². The minimum atomic E-state index is -1.09. The summed E-state index contributed by atoms with van der Waals surface area (Å²) in [5, 5.41) is 12.5. The summed E-state index contributed by atoms with van der Waals surface area (Å²) >= 11 is 12.1. The second kappa shape index (κ2) is 7.59. The highest BCUT2D eigenvalue weighted by Crippen LogP contribution is 2.30. The number of anilines is 1. The van der Waals surface area contributed by atoms with Crippen molar-refractivity contribution in [1.82, 2.24) is 4.98 Å². The van der Waals surface area contributed by atoms with Gasteiger partial charge in [-0.15, -0.1) is 0 Å². The van der Waals surface area contributed by atoms with Gasteiger partial charge in [-0.05, 0) is 30.3 Å². The quantitative estimate of drug-likeness (QED) is 0.679. The Kier molecular flexibility index (Phi) is 5.25. The lowest BCUT2D eigenvalue weighted by Gasteiger charge is -2.12. The molecule has 3 aromatic rings. The van der Waals surface area contributed by atoms with Crippen LogP contribution >= 0.6 is 23.2 Å². The van der Waals surface area contributed by atoms with Gasteiger partial charge in [0.15, 0.2) is 6.61 Å². The average molecular weight is 391 g/mol. The highest BCUT2D eigenvalue weighted by molar-refractivity contribution is 6.40. The molecular formula is C18H12Cl2N2O4. The molecule has 1 heterocycles. The summed E-state index contributed by atoms with van der Waals surface area (Å²) in [7, 11) is 0. The predicted molar refractivity (Wildman–Crippen MR) is 99.3 cm³/mol.